The Morgan fingerprint density at radius 1 is 1.40 bits per heavy atom. The van der Waals surface area contributed by atoms with Crippen LogP contribution >= 0.6 is 15.9 Å². The predicted molar refractivity (Wildman–Crippen MR) is 41.6 cm³/mol. The summed E-state index contributed by atoms with van der Waals surface area (Å²) in [4.78, 5) is 2.59. The Morgan fingerprint density at radius 2 is 2.00 bits per heavy atom. The summed E-state index contributed by atoms with van der Waals surface area (Å²) in [6, 6.07) is 0. The van der Waals surface area contributed by atoms with Crippen LogP contribution in [0.15, 0.2) is 0 Å². The number of rotatable bonds is 0. The lowest BCUT2D eigenvalue weighted by atomic mass is 10.3. The average molecular weight is 205 g/mol. The largest absolute Gasteiger partial charge is 0.340 e. The van der Waals surface area contributed by atoms with Crippen LogP contribution in [0.1, 0.15) is 13.3 Å². The van der Waals surface area contributed by atoms with E-state index in [0.717, 1.165) is 19.6 Å². The number of ether oxygens (including phenoxy) is 2. The SMILES string of the molecule is CC1(C#CBr)OCCCO1. The van der Waals surface area contributed by atoms with Crippen molar-refractivity contribution in [3.63, 3.8) is 0 Å². The molecule has 10 heavy (non-hydrogen) atoms. The van der Waals surface area contributed by atoms with Gasteiger partial charge in [-0.15, -0.1) is 0 Å². The Kier molecular flexibility index (Phi) is 2.72. The minimum absolute atomic E-state index is 0.679. The summed E-state index contributed by atoms with van der Waals surface area (Å²) >= 11 is 3.00. The number of hydrogen-bond donors (Lipinski definition) is 0. The maximum absolute atomic E-state index is 5.28. The van der Waals surface area contributed by atoms with Gasteiger partial charge in [-0.1, -0.05) is 0 Å². The standard InChI is InChI=1S/C7H9BrO2/c1-7(3-4-8)9-5-2-6-10-7/h2,5-6H2,1H3. The molecule has 0 aliphatic carbocycles. The second-order valence-corrected chi connectivity index (χ2v) is 2.61. The molecule has 1 saturated heterocycles. The van der Waals surface area contributed by atoms with Gasteiger partial charge >= 0.3 is 0 Å². The van der Waals surface area contributed by atoms with Crippen molar-refractivity contribution in [3.05, 3.63) is 0 Å². The minimum atomic E-state index is -0.679. The second kappa shape index (κ2) is 3.38. The summed E-state index contributed by atoms with van der Waals surface area (Å²) in [6.45, 7) is 3.29. The summed E-state index contributed by atoms with van der Waals surface area (Å²) in [5.74, 6) is 2.10. The first-order valence-corrected chi connectivity index (χ1v) is 3.97. The van der Waals surface area contributed by atoms with E-state index >= 15 is 0 Å². The average Bonchev–Trinajstić information content (AvgIpc) is 1.89. The Hall–Kier alpha value is -0.0400. The van der Waals surface area contributed by atoms with Crippen molar-refractivity contribution in [1.82, 2.24) is 0 Å². The monoisotopic (exact) mass is 204 g/mol. The zero-order chi connectivity index (χ0) is 7.45. The highest BCUT2D eigenvalue weighted by molar-refractivity contribution is 9.12. The molecule has 0 N–H and O–H groups in total. The summed E-state index contributed by atoms with van der Waals surface area (Å²) < 4.78 is 10.6. The van der Waals surface area contributed by atoms with E-state index in [9.17, 15) is 0 Å². The third-order valence-corrected chi connectivity index (χ3v) is 1.52. The maximum atomic E-state index is 5.28. The fourth-order valence-corrected chi connectivity index (χ4v) is 1.15. The fraction of sp³-hybridized carbons (Fsp3) is 0.714. The van der Waals surface area contributed by atoms with Crippen LogP contribution < -0.4 is 0 Å². The van der Waals surface area contributed by atoms with Crippen molar-refractivity contribution in [1.29, 1.82) is 0 Å². The van der Waals surface area contributed by atoms with Gasteiger partial charge in [0.05, 0.1) is 13.2 Å². The molecule has 1 rings (SSSR count). The molecule has 0 radical (unpaired) electrons. The predicted octanol–water partition coefficient (Wildman–Crippen LogP) is 1.50. The van der Waals surface area contributed by atoms with Gasteiger partial charge in [-0.2, -0.15) is 0 Å². The maximum Gasteiger partial charge on any atom is 0.231 e. The molecular weight excluding hydrogens is 196 g/mol. The van der Waals surface area contributed by atoms with Crippen LogP contribution in [0.3, 0.4) is 0 Å². The minimum Gasteiger partial charge on any atom is -0.340 e. The van der Waals surface area contributed by atoms with E-state index < -0.39 is 5.79 Å². The molecule has 1 aliphatic heterocycles. The van der Waals surface area contributed by atoms with Crippen molar-refractivity contribution >= 4 is 15.9 Å². The van der Waals surface area contributed by atoms with Gasteiger partial charge in [-0.05, 0) is 17.2 Å². The van der Waals surface area contributed by atoms with Crippen molar-refractivity contribution in [2.45, 2.75) is 19.1 Å². The van der Waals surface area contributed by atoms with Crippen LogP contribution in [0.5, 0.6) is 0 Å². The normalized spacial score (nSPS) is 23.0. The van der Waals surface area contributed by atoms with Crippen molar-refractivity contribution in [3.8, 4) is 10.8 Å². The van der Waals surface area contributed by atoms with Crippen LogP contribution in [0.25, 0.3) is 0 Å². The quantitative estimate of drug-likeness (QED) is 0.558. The molecule has 1 fully saturated rings. The third kappa shape index (κ3) is 1.98. The lowest BCUT2D eigenvalue weighted by molar-refractivity contribution is -0.218. The van der Waals surface area contributed by atoms with Crippen molar-refractivity contribution in [2.75, 3.05) is 13.2 Å². The Labute approximate surface area is 69.0 Å². The highest BCUT2D eigenvalue weighted by Crippen LogP contribution is 2.16. The van der Waals surface area contributed by atoms with Gasteiger partial charge in [-0.3, -0.25) is 0 Å². The molecular formula is C7H9BrO2. The van der Waals surface area contributed by atoms with Gasteiger partial charge in [0.1, 0.15) is 0 Å². The van der Waals surface area contributed by atoms with E-state index in [1.807, 2.05) is 6.92 Å². The number of hydrogen-bond acceptors (Lipinski definition) is 2. The van der Waals surface area contributed by atoms with Crippen LogP contribution in [0.4, 0.5) is 0 Å². The molecule has 0 bridgehead atoms. The third-order valence-electron chi connectivity index (χ3n) is 1.32. The lowest BCUT2D eigenvalue weighted by Crippen LogP contribution is -2.35. The zero-order valence-electron chi connectivity index (χ0n) is 5.82. The van der Waals surface area contributed by atoms with Gasteiger partial charge in [0.25, 0.3) is 0 Å². The summed E-state index contributed by atoms with van der Waals surface area (Å²) in [5, 5.41) is 0. The molecule has 0 saturated carbocycles. The van der Waals surface area contributed by atoms with Gasteiger partial charge in [0, 0.05) is 22.9 Å². The lowest BCUT2D eigenvalue weighted by Gasteiger charge is -2.28. The fourth-order valence-electron chi connectivity index (χ4n) is 0.792. The van der Waals surface area contributed by atoms with E-state index in [4.69, 9.17) is 9.47 Å². The molecule has 0 spiro atoms. The molecule has 0 amide bonds. The van der Waals surface area contributed by atoms with Crippen molar-refractivity contribution in [2.24, 2.45) is 0 Å². The Morgan fingerprint density at radius 3 is 2.50 bits per heavy atom. The van der Waals surface area contributed by atoms with E-state index in [1.165, 1.54) is 0 Å². The van der Waals surface area contributed by atoms with Gasteiger partial charge < -0.3 is 9.47 Å². The zero-order valence-corrected chi connectivity index (χ0v) is 7.40. The van der Waals surface area contributed by atoms with E-state index in [0.29, 0.717) is 0 Å². The van der Waals surface area contributed by atoms with Crippen molar-refractivity contribution < 1.29 is 9.47 Å². The molecule has 56 valence electrons. The highest BCUT2D eigenvalue weighted by atomic mass is 79.9. The number of halogens is 1. The van der Waals surface area contributed by atoms with Crippen LogP contribution in [0.2, 0.25) is 0 Å². The molecule has 0 aromatic heterocycles. The first-order chi connectivity index (χ1) is 4.77. The van der Waals surface area contributed by atoms with Gasteiger partial charge in [0.2, 0.25) is 5.79 Å². The van der Waals surface area contributed by atoms with Crippen LogP contribution in [0, 0.1) is 10.8 Å². The molecule has 0 unspecified atom stereocenters. The topological polar surface area (TPSA) is 18.5 Å². The smallest absolute Gasteiger partial charge is 0.231 e. The van der Waals surface area contributed by atoms with E-state index in [2.05, 4.69) is 26.7 Å². The molecule has 2 nitrogen and oxygen atoms in total. The molecule has 1 heterocycles. The van der Waals surface area contributed by atoms with Crippen LogP contribution in [-0.4, -0.2) is 19.0 Å². The second-order valence-electron chi connectivity index (χ2n) is 2.22. The first kappa shape index (κ1) is 8.06. The molecule has 0 aromatic carbocycles. The summed E-state index contributed by atoms with van der Waals surface area (Å²) in [5.41, 5.74) is 0. The van der Waals surface area contributed by atoms with Gasteiger partial charge in [-0.25, -0.2) is 0 Å². The van der Waals surface area contributed by atoms with Gasteiger partial charge in [0.15, 0.2) is 0 Å². The molecule has 3 heteroatoms. The summed E-state index contributed by atoms with van der Waals surface area (Å²) in [6.07, 6.45) is 0.958. The Bertz CT molecular complexity index is 162. The summed E-state index contributed by atoms with van der Waals surface area (Å²) in [7, 11) is 0. The molecule has 0 aromatic rings. The van der Waals surface area contributed by atoms with E-state index in [1.54, 1.807) is 0 Å². The highest BCUT2D eigenvalue weighted by Gasteiger charge is 2.25. The Balaban J connectivity index is 2.53. The molecule has 1 aliphatic rings. The van der Waals surface area contributed by atoms with Crippen LogP contribution in [-0.2, 0) is 9.47 Å². The molecule has 0 atom stereocenters. The first-order valence-electron chi connectivity index (χ1n) is 3.17. The van der Waals surface area contributed by atoms with E-state index in [-0.39, 0.29) is 0 Å².